The summed E-state index contributed by atoms with van der Waals surface area (Å²) in [7, 11) is 3.89. The first-order chi connectivity index (χ1) is 12.3. The van der Waals surface area contributed by atoms with Gasteiger partial charge >= 0.3 is 0 Å². The zero-order valence-electron chi connectivity index (χ0n) is 14.9. The van der Waals surface area contributed by atoms with Crippen molar-refractivity contribution in [2.75, 3.05) is 26.4 Å². The van der Waals surface area contributed by atoms with Gasteiger partial charge in [0, 0.05) is 34.4 Å². The Morgan fingerprint density at radius 1 is 1.35 bits per heavy atom. The number of likely N-dealkylation sites (N-methyl/N-ethyl adjacent to an activating group) is 1. The maximum Gasteiger partial charge on any atom is 0.253 e. The van der Waals surface area contributed by atoms with Crippen molar-refractivity contribution in [1.82, 2.24) is 15.2 Å². The number of ether oxygens (including phenoxy) is 1. The summed E-state index contributed by atoms with van der Waals surface area (Å²) < 4.78 is 5.70. The van der Waals surface area contributed by atoms with E-state index in [-0.39, 0.29) is 24.4 Å². The lowest BCUT2D eigenvalue weighted by Crippen LogP contribution is -2.39. The standard InChI is InChI=1S/C18H22Cl2N4O2/c1-11(9-24(2)3)23-18(25)12-7-16(17(21)22-8-12)26-10-13-14(19)5-4-6-15(13)20/h4-8,11H,9-10H2,1-3H3,(H2,21,22)(H,23,25). The second kappa shape index (κ2) is 9.07. The van der Waals surface area contributed by atoms with Gasteiger partial charge in [-0.2, -0.15) is 0 Å². The maximum atomic E-state index is 12.4. The van der Waals surface area contributed by atoms with Crippen molar-refractivity contribution in [3.63, 3.8) is 0 Å². The molecule has 3 N–H and O–H groups in total. The second-order valence-corrected chi connectivity index (χ2v) is 7.05. The molecule has 0 aliphatic carbocycles. The van der Waals surface area contributed by atoms with E-state index in [0.29, 0.717) is 26.9 Å². The molecule has 1 aromatic heterocycles. The van der Waals surface area contributed by atoms with E-state index in [2.05, 4.69) is 10.3 Å². The second-order valence-electron chi connectivity index (χ2n) is 6.23. The van der Waals surface area contributed by atoms with E-state index in [4.69, 9.17) is 33.7 Å². The number of hydrogen-bond acceptors (Lipinski definition) is 5. The van der Waals surface area contributed by atoms with E-state index in [0.717, 1.165) is 6.54 Å². The van der Waals surface area contributed by atoms with Crippen LogP contribution in [0.2, 0.25) is 10.0 Å². The number of anilines is 1. The van der Waals surface area contributed by atoms with Crippen LogP contribution in [0.5, 0.6) is 5.75 Å². The van der Waals surface area contributed by atoms with Gasteiger partial charge in [-0.1, -0.05) is 29.3 Å². The topological polar surface area (TPSA) is 80.5 Å². The number of pyridine rings is 1. The first-order valence-corrected chi connectivity index (χ1v) is 8.80. The number of nitrogens with one attached hydrogen (secondary N) is 1. The normalized spacial score (nSPS) is 12.1. The first-order valence-electron chi connectivity index (χ1n) is 8.04. The molecule has 1 heterocycles. The predicted octanol–water partition coefficient (Wildman–Crippen LogP) is 3.23. The molecule has 2 aromatic rings. The molecule has 1 amide bonds. The van der Waals surface area contributed by atoms with E-state index in [1.165, 1.54) is 6.20 Å². The number of amides is 1. The molecule has 6 nitrogen and oxygen atoms in total. The molecule has 0 spiro atoms. The SMILES string of the molecule is CC(CN(C)C)NC(=O)c1cnc(N)c(OCc2c(Cl)cccc2Cl)c1. The van der Waals surface area contributed by atoms with Gasteiger partial charge in [-0.05, 0) is 39.2 Å². The van der Waals surface area contributed by atoms with Crippen LogP contribution in [0.4, 0.5) is 5.82 Å². The smallest absolute Gasteiger partial charge is 0.253 e. The number of halogens is 2. The van der Waals surface area contributed by atoms with Crippen LogP contribution in [-0.4, -0.2) is 42.5 Å². The van der Waals surface area contributed by atoms with Gasteiger partial charge in [-0.15, -0.1) is 0 Å². The monoisotopic (exact) mass is 396 g/mol. The number of nitrogen functional groups attached to an aromatic ring is 1. The highest BCUT2D eigenvalue weighted by molar-refractivity contribution is 6.35. The number of nitrogens with zero attached hydrogens (tertiary/aromatic N) is 2. The van der Waals surface area contributed by atoms with Crippen molar-refractivity contribution in [3.8, 4) is 5.75 Å². The molecule has 1 aromatic carbocycles. The van der Waals surface area contributed by atoms with E-state index in [9.17, 15) is 4.79 Å². The third-order valence-electron chi connectivity index (χ3n) is 3.59. The summed E-state index contributed by atoms with van der Waals surface area (Å²) >= 11 is 12.3. The summed E-state index contributed by atoms with van der Waals surface area (Å²) in [5.74, 6) is 0.243. The molecular formula is C18H22Cl2N4O2. The molecule has 0 bridgehead atoms. The number of carbonyl (C=O) groups is 1. The molecule has 0 aliphatic rings. The highest BCUT2D eigenvalue weighted by atomic mass is 35.5. The fourth-order valence-corrected chi connectivity index (χ4v) is 2.92. The zero-order chi connectivity index (χ0) is 19.3. The lowest BCUT2D eigenvalue weighted by atomic mass is 10.2. The highest BCUT2D eigenvalue weighted by Crippen LogP contribution is 2.27. The van der Waals surface area contributed by atoms with Crippen molar-refractivity contribution in [2.24, 2.45) is 0 Å². The van der Waals surface area contributed by atoms with Crippen molar-refractivity contribution in [2.45, 2.75) is 19.6 Å². The van der Waals surface area contributed by atoms with Gasteiger partial charge in [-0.3, -0.25) is 4.79 Å². The van der Waals surface area contributed by atoms with Crippen molar-refractivity contribution >= 4 is 34.9 Å². The third kappa shape index (κ3) is 5.49. The summed E-state index contributed by atoms with van der Waals surface area (Å²) in [4.78, 5) is 18.4. The molecule has 8 heteroatoms. The minimum absolute atomic E-state index is 0.0126. The third-order valence-corrected chi connectivity index (χ3v) is 4.30. The molecule has 0 fully saturated rings. The highest BCUT2D eigenvalue weighted by Gasteiger charge is 2.14. The molecule has 26 heavy (non-hydrogen) atoms. The molecule has 0 saturated carbocycles. The van der Waals surface area contributed by atoms with Crippen LogP contribution in [0.1, 0.15) is 22.8 Å². The average molecular weight is 397 g/mol. The van der Waals surface area contributed by atoms with Crippen LogP contribution in [0.3, 0.4) is 0 Å². The van der Waals surface area contributed by atoms with E-state index in [1.807, 2.05) is 25.9 Å². The van der Waals surface area contributed by atoms with Gasteiger partial charge in [0.15, 0.2) is 11.6 Å². The molecular weight excluding hydrogens is 375 g/mol. The van der Waals surface area contributed by atoms with Crippen molar-refractivity contribution in [3.05, 3.63) is 51.6 Å². The van der Waals surface area contributed by atoms with Crippen molar-refractivity contribution < 1.29 is 9.53 Å². The van der Waals surface area contributed by atoms with E-state index in [1.54, 1.807) is 24.3 Å². The largest absolute Gasteiger partial charge is 0.485 e. The lowest BCUT2D eigenvalue weighted by molar-refractivity contribution is 0.0933. The Morgan fingerprint density at radius 3 is 2.62 bits per heavy atom. The fraction of sp³-hybridized carbons (Fsp3) is 0.333. The number of nitrogens with two attached hydrogens (primary N) is 1. The van der Waals surface area contributed by atoms with Gasteiger partial charge in [0.05, 0.1) is 5.56 Å². The van der Waals surface area contributed by atoms with Crippen LogP contribution in [0.25, 0.3) is 0 Å². The summed E-state index contributed by atoms with van der Waals surface area (Å²) in [6.07, 6.45) is 1.42. The summed E-state index contributed by atoms with van der Waals surface area (Å²) in [5, 5.41) is 3.90. The first kappa shape index (κ1) is 20.3. The number of benzene rings is 1. The zero-order valence-corrected chi connectivity index (χ0v) is 16.4. The summed E-state index contributed by atoms with van der Waals surface area (Å²) in [6, 6.07) is 6.75. The number of carbonyl (C=O) groups excluding carboxylic acids is 1. The van der Waals surface area contributed by atoms with Crippen LogP contribution in [-0.2, 0) is 6.61 Å². The van der Waals surface area contributed by atoms with Gasteiger partial charge in [-0.25, -0.2) is 4.98 Å². The van der Waals surface area contributed by atoms with E-state index < -0.39 is 0 Å². The van der Waals surface area contributed by atoms with Crippen molar-refractivity contribution in [1.29, 1.82) is 0 Å². The minimum atomic E-state index is -0.243. The van der Waals surface area contributed by atoms with Gasteiger partial charge < -0.3 is 20.7 Å². The molecule has 0 radical (unpaired) electrons. The molecule has 1 atom stereocenters. The Balaban J connectivity index is 2.10. The number of aromatic nitrogens is 1. The molecule has 140 valence electrons. The average Bonchev–Trinajstić information content (AvgIpc) is 2.54. The van der Waals surface area contributed by atoms with Crippen LogP contribution >= 0.6 is 23.2 Å². The van der Waals surface area contributed by atoms with Crippen LogP contribution < -0.4 is 15.8 Å². The molecule has 2 rings (SSSR count). The Hall–Kier alpha value is -2.02. The number of hydrogen-bond donors (Lipinski definition) is 2. The van der Waals surface area contributed by atoms with Gasteiger partial charge in [0.2, 0.25) is 0 Å². The minimum Gasteiger partial charge on any atom is -0.485 e. The summed E-state index contributed by atoms with van der Waals surface area (Å²) in [5.41, 5.74) is 6.87. The van der Waals surface area contributed by atoms with Crippen LogP contribution in [0, 0.1) is 0 Å². The van der Waals surface area contributed by atoms with Crippen LogP contribution in [0.15, 0.2) is 30.5 Å². The number of rotatable bonds is 7. The Bertz CT molecular complexity index is 764. The summed E-state index contributed by atoms with van der Waals surface area (Å²) in [6.45, 7) is 2.77. The fourth-order valence-electron chi connectivity index (χ4n) is 2.42. The van der Waals surface area contributed by atoms with Gasteiger partial charge in [0.25, 0.3) is 5.91 Å². The Kier molecular flexibility index (Phi) is 7.08. The lowest BCUT2D eigenvalue weighted by Gasteiger charge is -2.18. The van der Waals surface area contributed by atoms with Gasteiger partial charge in [0.1, 0.15) is 6.61 Å². The molecule has 0 aliphatic heterocycles. The Labute approximate surface area is 163 Å². The predicted molar refractivity (Wildman–Crippen MR) is 105 cm³/mol. The Morgan fingerprint density at radius 2 is 2.00 bits per heavy atom. The van der Waals surface area contributed by atoms with E-state index >= 15 is 0 Å². The molecule has 0 saturated heterocycles. The molecule has 1 unspecified atom stereocenters. The quantitative estimate of drug-likeness (QED) is 0.750. The maximum absolute atomic E-state index is 12.4.